The van der Waals surface area contributed by atoms with Crippen LogP contribution in [0.3, 0.4) is 0 Å². The fraction of sp³-hybridized carbons (Fsp3) is 0.450. The van der Waals surface area contributed by atoms with Crippen LogP contribution in [0.25, 0.3) is 0 Å². The number of benzene rings is 1. The number of nitrogens with zero attached hydrogens (tertiary/aromatic N) is 4. The molecular weight excluding hydrogens is 344 g/mol. The molecule has 0 bridgehead atoms. The smallest absolute Gasteiger partial charge is 0.274 e. The molecule has 1 aromatic carbocycles. The molecule has 0 saturated carbocycles. The minimum atomic E-state index is -0.694. The van der Waals surface area contributed by atoms with Crippen molar-refractivity contribution in [2.45, 2.75) is 44.2 Å². The summed E-state index contributed by atoms with van der Waals surface area (Å²) in [5.74, 6) is -0.0551. The van der Waals surface area contributed by atoms with Gasteiger partial charge >= 0.3 is 0 Å². The van der Waals surface area contributed by atoms with Crippen molar-refractivity contribution in [3.8, 4) is 0 Å². The Morgan fingerprint density at radius 3 is 2.85 bits per heavy atom. The number of aromatic nitrogens is 2. The number of carbonyl (C=O) groups excluding carboxylic acids is 2. The molecule has 4 heterocycles. The molecule has 0 N–H and O–H groups in total. The summed E-state index contributed by atoms with van der Waals surface area (Å²) in [4.78, 5) is 29.4. The summed E-state index contributed by atoms with van der Waals surface area (Å²) in [5, 5.41) is 4.34. The average molecular weight is 366 g/mol. The fourth-order valence-corrected chi connectivity index (χ4v) is 4.71. The van der Waals surface area contributed by atoms with Crippen LogP contribution in [-0.4, -0.2) is 56.3 Å². The zero-order valence-corrected chi connectivity index (χ0v) is 15.2. The van der Waals surface area contributed by atoms with Crippen LogP contribution in [0.1, 0.15) is 41.9 Å². The van der Waals surface area contributed by atoms with Crippen LogP contribution in [0.15, 0.2) is 42.6 Å². The lowest BCUT2D eigenvalue weighted by atomic mass is 10.1. The van der Waals surface area contributed by atoms with Crippen molar-refractivity contribution in [3.05, 3.63) is 53.9 Å². The Hall–Kier alpha value is -2.67. The van der Waals surface area contributed by atoms with E-state index in [2.05, 4.69) is 5.10 Å². The van der Waals surface area contributed by atoms with Gasteiger partial charge in [0, 0.05) is 25.7 Å². The van der Waals surface area contributed by atoms with Gasteiger partial charge in [0.25, 0.3) is 5.91 Å². The number of ether oxygens (including phenoxy) is 1. The second-order valence-corrected chi connectivity index (χ2v) is 7.39. The number of amides is 2. The van der Waals surface area contributed by atoms with Crippen molar-refractivity contribution in [2.24, 2.45) is 0 Å². The molecule has 0 aliphatic carbocycles. The lowest BCUT2D eigenvalue weighted by Crippen LogP contribution is -2.48. The third-order valence-electron chi connectivity index (χ3n) is 6.04. The SMILES string of the molecule is CCn1ccc(C(=O)N2CC[C@@]34O[C@@H](c5ccccc5)CN3C(=O)C[C@@H]24)n1. The van der Waals surface area contributed by atoms with Crippen molar-refractivity contribution < 1.29 is 14.3 Å². The van der Waals surface area contributed by atoms with E-state index in [4.69, 9.17) is 4.74 Å². The summed E-state index contributed by atoms with van der Waals surface area (Å²) in [7, 11) is 0. The monoisotopic (exact) mass is 366 g/mol. The second kappa shape index (κ2) is 5.92. The molecular formula is C20H22N4O3. The Kier molecular flexibility index (Phi) is 3.62. The molecule has 3 aliphatic rings. The van der Waals surface area contributed by atoms with E-state index in [1.165, 1.54) is 0 Å². The number of hydrogen-bond donors (Lipinski definition) is 0. The molecule has 2 amide bonds. The van der Waals surface area contributed by atoms with Crippen LogP contribution in [0.5, 0.6) is 0 Å². The summed E-state index contributed by atoms with van der Waals surface area (Å²) in [5.41, 5.74) is 0.803. The number of aryl methyl sites for hydroxylation is 1. The van der Waals surface area contributed by atoms with Gasteiger partial charge in [-0.3, -0.25) is 14.3 Å². The van der Waals surface area contributed by atoms with Gasteiger partial charge in [0.15, 0.2) is 5.72 Å². The zero-order valence-electron chi connectivity index (χ0n) is 15.2. The van der Waals surface area contributed by atoms with Gasteiger partial charge in [0.05, 0.1) is 19.0 Å². The molecule has 5 rings (SSSR count). The average Bonchev–Trinajstić information content (AvgIpc) is 3.43. The van der Waals surface area contributed by atoms with E-state index in [0.717, 1.165) is 12.1 Å². The molecule has 3 saturated heterocycles. The largest absolute Gasteiger partial charge is 0.343 e. The van der Waals surface area contributed by atoms with Gasteiger partial charge in [-0.05, 0) is 18.6 Å². The third-order valence-corrected chi connectivity index (χ3v) is 6.04. The molecule has 7 heteroatoms. The van der Waals surface area contributed by atoms with E-state index in [9.17, 15) is 9.59 Å². The van der Waals surface area contributed by atoms with Gasteiger partial charge < -0.3 is 14.5 Å². The van der Waals surface area contributed by atoms with E-state index in [0.29, 0.717) is 31.6 Å². The molecule has 2 aromatic rings. The van der Waals surface area contributed by atoms with Crippen molar-refractivity contribution in [2.75, 3.05) is 13.1 Å². The highest BCUT2D eigenvalue weighted by Gasteiger charge is 2.65. The predicted molar refractivity (Wildman–Crippen MR) is 96.7 cm³/mol. The van der Waals surface area contributed by atoms with E-state index >= 15 is 0 Å². The molecule has 7 nitrogen and oxygen atoms in total. The first-order valence-electron chi connectivity index (χ1n) is 9.50. The Bertz CT molecular complexity index is 896. The first-order valence-corrected chi connectivity index (χ1v) is 9.50. The Morgan fingerprint density at radius 1 is 1.30 bits per heavy atom. The maximum atomic E-state index is 13.0. The highest BCUT2D eigenvalue weighted by atomic mass is 16.5. The van der Waals surface area contributed by atoms with Crippen molar-refractivity contribution in [3.63, 3.8) is 0 Å². The van der Waals surface area contributed by atoms with E-state index < -0.39 is 5.72 Å². The minimum Gasteiger partial charge on any atom is -0.343 e. The summed E-state index contributed by atoms with van der Waals surface area (Å²) in [6.45, 7) is 3.82. The fourth-order valence-electron chi connectivity index (χ4n) is 4.71. The molecule has 1 aromatic heterocycles. The van der Waals surface area contributed by atoms with Crippen molar-refractivity contribution in [1.29, 1.82) is 0 Å². The van der Waals surface area contributed by atoms with Crippen LogP contribution in [0.4, 0.5) is 0 Å². The molecule has 3 fully saturated rings. The molecule has 27 heavy (non-hydrogen) atoms. The van der Waals surface area contributed by atoms with Gasteiger partial charge in [-0.1, -0.05) is 30.3 Å². The Balaban J connectivity index is 1.43. The predicted octanol–water partition coefficient (Wildman–Crippen LogP) is 1.82. The maximum absolute atomic E-state index is 13.0. The third kappa shape index (κ3) is 2.34. The van der Waals surface area contributed by atoms with E-state index in [-0.39, 0.29) is 24.0 Å². The molecule has 3 aliphatic heterocycles. The molecule has 140 valence electrons. The highest BCUT2D eigenvalue weighted by molar-refractivity contribution is 5.94. The highest BCUT2D eigenvalue weighted by Crippen LogP contribution is 2.50. The van der Waals surface area contributed by atoms with Gasteiger partial charge in [-0.25, -0.2) is 0 Å². The Morgan fingerprint density at radius 2 is 2.11 bits per heavy atom. The first-order chi connectivity index (χ1) is 13.1. The number of likely N-dealkylation sites (tertiary alicyclic amines) is 1. The molecule has 1 spiro atoms. The molecule has 0 unspecified atom stereocenters. The van der Waals surface area contributed by atoms with Crippen molar-refractivity contribution in [1.82, 2.24) is 19.6 Å². The van der Waals surface area contributed by atoms with Crippen LogP contribution in [-0.2, 0) is 16.1 Å². The van der Waals surface area contributed by atoms with Crippen LogP contribution >= 0.6 is 0 Å². The lowest BCUT2D eigenvalue weighted by Gasteiger charge is -2.31. The van der Waals surface area contributed by atoms with Gasteiger partial charge in [-0.2, -0.15) is 5.10 Å². The van der Waals surface area contributed by atoms with E-state index in [1.807, 2.05) is 48.4 Å². The summed E-state index contributed by atoms with van der Waals surface area (Å²) in [6, 6.07) is 11.5. The van der Waals surface area contributed by atoms with Crippen molar-refractivity contribution >= 4 is 11.8 Å². The standard InChI is InChI=1S/C20H22N4O3/c1-2-22-10-8-15(21-22)19(26)23-11-9-20-17(23)12-18(25)24(20)13-16(27-20)14-6-4-3-5-7-14/h3-8,10,16-17H,2,9,11-13H2,1H3/t16-,17-,20+/m1/s1. The van der Waals surface area contributed by atoms with Crippen LogP contribution in [0.2, 0.25) is 0 Å². The van der Waals surface area contributed by atoms with Gasteiger partial charge in [0.1, 0.15) is 11.8 Å². The summed E-state index contributed by atoms with van der Waals surface area (Å²) >= 11 is 0. The quantitative estimate of drug-likeness (QED) is 0.831. The molecule has 0 radical (unpaired) electrons. The van der Waals surface area contributed by atoms with Crippen LogP contribution in [0, 0.1) is 0 Å². The topological polar surface area (TPSA) is 67.7 Å². The summed E-state index contributed by atoms with van der Waals surface area (Å²) < 4.78 is 8.22. The normalized spacial score (nSPS) is 29.3. The van der Waals surface area contributed by atoms with Gasteiger partial charge in [0.2, 0.25) is 5.91 Å². The number of hydrogen-bond acceptors (Lipinski definition) is 4. The van der Waals surface area contributed by atoms with E-state index in [1.54, 1.807) is 15.6 Å². The minimum absolute atomic E-state index is 0.0648. The number of carbonyl (C=O) groups is 2. The Labute approximate surface area is 157 Å². The zero-order chi connectivity index (χ0) is 18.6. The van der Waals surface area contributed by atoms with Gasteiger partial charge in [-0.15, -0.1) is 0 Å². The lowest BCUT2D eigenvalue weighted by molar-refractivity contribution is -0.138. The maximum Gasteiger partial charge on any atom is 0.274 e. The molecule has 3 atom stereocenters. The first kappa shape index (κ1) is 16.5. The number of rotatable bonds is 3. The van der Waals surface area contributed by atoms with Crippen LogP contribution < -0.4 is 0 Å². The second-order valence-electron chi connectivity index (χ2n) is 7.39. The summed E-state index contributed by atoms with van der Waals surface area (Å²) in [6.07, 6.45) is 2.63.